The molecule has 0 unspecified atom stereocenters. The fourth-order valence-electron chi connectivity index (χ4n) is 2.81. The minimum atomic E-state index is -0.0829. The van der Waals surface area contributed by atoms with E-state index in [-0.39, 0.29) is 6.03 Å². The van der Waals surface area contributed by atoms with Gasteiger partial charge in [0.1, 0.15) is 0 Å². The molecule has 1 heterocycles. The van der Waals surface area contributed by atoms with Crippen LogP contribution < -0.4 is 15.5 Å². The van der Waals surface area contributed by atoms with Gasteiger partial charge in [-0.25, -0.2) is 4.79 Å². The van der Waals surface area contributed by atoms with Crippen molar-refractivity contribution in [3.8, 4) is 0 Å². The summed E-state index contributed by atoms with van der Waals surface area (Å²) >= 11 is 0. The summed E-state index contributed by atoms with van der Waals surface area (Å²) in [5.41, 5.74) is 2.12. The van der Waals surface area contributed by atoms with Gasteiger partial charge < -0.3 is 15.5 Å². The lowest BCUT2D eigenvalue weighted by molar-refractivity contribution is 0.240. The molecule has 4 heteroatoms. The van der Waals surface area contributed by atoms with Gasteiger partial charge in [-0.2, -0.15) is 0 Å². The van der Waals surface area contributed by atoms with E-state index in [2.05, 4.69) is 27.7 Å². The standard InChI is InChI=1S/C16H23N3O/c20-16(17-13-5-4-6-13)18-14-7-9-15(10-8-14)19-11-2-1-3-12-19/h7-10,13H,1-6,11-12H2,(H2,17,18,20). The highest BCUT2D eigenvalue weighted by Gasteiger charge is 2.19. The van der Waals surface area contributed by atoms with Gasteiger partial charge in [-0.1, -0.05) is 0 Å². The van der Waals surface area contributed by atoms with Gasteiger partial charge in [-0.15, -0.1) is 0 Å². The Labute approximate surface area is 120 Å². The Bertz CT molecular complexity index is 447. The zero-order valence-electron chi connectivity index (χ0n) is 11.9. The summed E-state index contributed by atoms with van der Waals surface area (Å²) < 4.78 is 0. The normalized spacial score (nSPS) is 19.3. The smallest absolute Gasteiger partial charge is 0.319 e. The van der Waals surface area contributed by atoms with Crippen molar-refractivity contribution in [2.24, 2.45) is 0 Å². The third kappa shape index (κ3) is 3.24. The molecule has 1 aromatic rings. The highest BCUT2D eigenvalue weighted by molar-refractivity contribution is 5.89. The Morgan fingerprint density at radius 2 is 1.70 bits per heavy atom. The van der Waals surface area contributed by atoms with Crippen LogP contribution in [-0.2, 0) is 0 Å². The van der Waals surface area contributed by atoms with Crippen molar-refractivity contribution in [2.45, 2.75) is 44.6 Å². The SMILES string of the molecule is O=C(Nc1ccc(N2CCCCC2)cc1)NC1CCC1. The van der Waals surface area contributed by atoms with Crippen molar-refractivity contribution in [2.75, 3.05) is 23.3 Å². The maximum Gasteiger partial charge on any atom is 0.319 e. The van der Waals surface area contributed by atoms with Gasteiger partial charge >= 0.3 is 6.03 Å². The van der Waals surface area contributed by atoms with Crippen LogP contribution >= 0.6 is 0 Å². The lowest BCUT2D eigenvalue weighted by Crippen LogP contribution is -2.41. The van der Waals surface area contributed by atoms with Crippen LogP contribution in [0.3, 0.4) is 0 Å². The molecule has 1 aromatic carbocycles. The summed E-state index contributed by atoms with van der Waals surface area (Å²) in [6.45, 7) is 2.30. The van der Waals surface area contributed by atoms with Crippen molar-refractivity contribution in [1.82, 2.24) is 5.32 Å². The number of piperidine rings is 1. The van der Waals surface area contributed by atoms with Gasteiger partial charge in [0.15, 0.2) is 0 Å². The molecule has 1 saturated heterocycles. The molecule has 0 atom stereocenters. The van der Waals surface area contributed by atoms with Crippen LogP contribution in [0.25, 0.3) is 0 Å². The summed E-state index contributed by atoms with van der Waals surface area (Å²) in [6.07, 6.45) is 7.36. The minimum Gasteiger partial charge on any atom is -0.372 e. The van der Waals surface area contributed by atoms with E-state index in [1.54, 1.807) is 0 Å². The van der Waals surface area contributed by atoms with Gasteiger partial charge in [-0.05, 0) is 62.8 Å². The maximum absolute atomic E-state index is 11.8. The van der Waals surface area contributed by atoms with Crippen molar-refractivity contribution < 1.29 is 4.79 Å². The molecule has 1 aliphatic carbocycles. The average molecular weight is 273 g/mol. The van der Waals surface area contributed by atoms with Crippen LogP contribution in [0, 0.1) is 0 Å². The zero-order valence-corrected chi connectivity index (χ0v) is 11.9. The molecule has 108 valence electrons. The molecule has 1 saturated carbocycles. The Morgan fingerprint density at radius 3 is 2.30 bits per heavy atom. The number of carbonyl (C=O) groups excluding carboxylic acids is 1. The zero-order chi connectivity index (χ0) is 13.8. The molecule has 2 N–H and O–H groups in total. The molecule has 2 amide bonds. The van der Waals surface area contributed by atoms with Gasteiger partial charge in [-0.3, -0.25) is 0 Å². The van der Waals surface area contributed by atoms with E-state index in [1.165, 1.54) is 31.4 Å². The van der Waals surface area contributed by atoms with Crippen molar-refractivity contribution in [3.05, 3.63) is 24.3 Å². The average Bonchev–Trinajstić information content (AvgIpc) is 2.45. The summed E-state index contributed by atoms with van der Waals surface area (Å²) in [6, 6.07) is 8.48. The first-order chi connectivity index (χ1) is 9.81. The fourth-order valence-corrected chi connectivity index (χ4v) is 2.81. The van der Waals surface area contributed by atoms with Crippen LogP contribution in [0.1, 0.15) is 38.5 Å². The van der Waals surface area contributed by atoms with Gasteiger partial charge in [0.2, 0.25) is 0 Å². The molecule has 0 spiro atoms. The predicted octanol–water partition coefficient (Wildman–Crippen LogP) is 3.35. The maximum atomic E-state index is 11.8. The van der Waals surface area contributed by atoms with E-state index in [0.717, 1.165) is 31.6 Å². The minimum absolute atomic E-state index is 0.0829. The number of nitrogens with one attached hydrogen (secondary N) is 2. The largest absolute Gasteiger partial charge is 0.372 e. The van der Waals surface area contributed by atoms with E-state index in [0.29, 0.717) is 6.04 Å². The summed E-state index contributed by atoms with van der Waals surface area (Å²) in [5, 5.41) is 5.88. The summed E-state index contributed by atoms with van der Waals surface area (Å²) in [5.74, 6) is 0. The van der Waals surface area contributed by atoms with Crippen molar-refractivity contribution >= 4 is 17.4 Å². The Morgan fingerprint density at radius 1 is 1.00 bits per heavy atom. The number of benzene rings is 1. The van der Waals surface area contributed by atoms with E-state index in [9.17, 15) is 4.79 Å². The molecule has 1 aliphatic heterocycles. The van der Waals surface area contributed by atoms with Gasteiger partial charge in [0, 0.05) is 30.5 Å². The number of anilines is 2. The topological polar surface area (TPSA) is 44.4 Å². The molecule has 2 aliphatic rings. The van der Waals surface area contributed by atoms with Crippen LogP contribution in [0.15, 0.2) is 24.3 Å². The Kier molecular flexibility index (Phi) is 4.09. The van der Waals surface area contributed by atoms with Gasteiger partial charge in [0.05, 0.1) is 0 Å². The number of rotatable bonds is 3. The molecule has 0 aromatic heterocycles. The second kappa shape index (κ2) is 6.16. The fraction of sp³-hybridized carbons (Fsp3) is 0.562. The van der Waals surface area contributed by atoms with Crippen LogP contribution in [0.5, 0.6) is 0 Å². The monoisotopic (exact) mass is 273 g/mol. The first kappa shape index (κ1) is 13.3. The summed E-state index contributed by atoms with van der Waals surface area (Å²) in [7, 11) is 0. The number of urea groups is 1. The highest BCUT2D eigenvalue weighted by Crippen LogP contribution is 2.22. The lowest BCUT2D eigenvalue weighted by atomic mass is 9.93. The number of hydrogen-bond acceptors (Lipinski definition) is 2. The number of carbonyl (C=O) groups is 1. The quantitative estimate of drug-likeness (QED) is 0.887. The first-order valence-corrected chi connectivity index (χ1v) is 7.74. The lowest BCUT2D eigenvalue weighted by Gasteiger charge is -2.29. The predicted molar refractivity (Wildman–Crippen MR) is 82.3 cm³/mol. The van der Waals surface area contributed by atoms with Crippen molar-refractivity contribution in [3.63, 3.8) is 0 Å². The molecule has 20 heavy (non-hydrogen) atoms. The third-order valence-electron chi connectivity index (χ3n) is 4.29. The molecular weight excluding hydrogens is 250 g/mol. The molecule has 3 rings (SSSR count). The van der Waals surface area contributed by atoms with E-state index < -0.39 is 0 Å². The third-order valence-corrected chi connectivity index (χ3v) is 4.29. The molecular formula is C16H23N3O. The van der Waals surface area contributed by atoms with Gasteiger partial charge in [0.25, 0.3) is 0 Å². The molecule has 0 radical (unpaired) electrons. The number of nitrogens with zero attached hydrogens (tertiary/aromatic N) is 1. The molecule has 2 fully saturated rings. The van der Waals surface area contributed by atoms with Crippen LogP contribution in [-0.4, -0.2) is 25.2 Å². The van der Waals surface area contributed by atoms with E-state index >= 15 is 0 Å². The second-order valence-electron chi connectivity index (χ2n) is 5.82. The van der Waals surface area contributed by atoms with Crippen LogP contribution in [0.4, 0.5) is 16.2 Å². The number of hydrogen-bond donors (Lipinski definition) is 2. The molecule has 0 bridgehead atoms. The molecule has 4 nitrogen and oxygen atoms in total. The van der Waals surface area contributed by atoms with E-state index in [4.69, 9.17) is 0 Å². The Hall–Kier alpha value is -1.71. The number of amides is 2. The first-order valence-electron chi connectivity index (χ1n) is 7.74. The Balaban J connectivity index is 1.53. The second-order valence-corrected chi connectivity index (χ2v) is 5.82. The van der Waals surface area contributed by atoms with Crippen LogP contribution in [0.2, 0.25) is 0 Å². The van der Waals surface area contributed by atoms with E-state index in [1.807, 2.05) is 12.1 Å². The summed E-state index contributed by atoms with van der Waals surface area (Å²) in [4.78, 5) is 14.2. The highest BCUT2D eigenvalue weighted by atomic mass is 16.2. The van der Waals surface area contributed by atoms with Crippen molar-refractivity contribution in [1.29, 1.82) is 0 Å².